The van der Waals surface area contributed by atoms with E-state index >= 15 is 0 Å². The largest absolute Gasteiger partial charge is 0.459 e. The summed E-state index contributed by atoms with van der Waals surface area (Å²) in [6, 6.07) is 18.2. The zero-order chi connectivity index (χ0) is 22.1. The van der Waals surface area contributed by atoms with Crippen molar-refractivity contribution >= 4 is 17.3 Å². The fourth-order valence-electron chi connectivity index (χ4n) is 3.93. The number of benzene rings is 2. The molecule has 8 heteroatoms. The molecule has 0 fully saturated rings. The monoisotopic (exact) mass is 446 g/mol. The van der Waals surface area contributed by atoms with E-state index in [4.69, 9.17) is 21.0 Å². The van der Waals surface area contributed by atoms with Gasteiger partial charge in [0.25, 0.3) is 5.69 Å². The summed E-state index contributed by atoms with van der Waals surface area (Å²) in [5.74, 6) is 1.95. The summed E-state index contributed by atoms with van der Waals surface area (Å²) in [6.45, 7) is 2.16. The maximum absolute atomic E-state index is 11.4. The van der Waals surface area contributed by atoms with Gasteiger partial charge in [0, 0.05) is 47.9 Å². The van der Waals surface area contributed by atoms with E-state index in [-0.39, 0.29) is 5.69 Å². The predicted molar refractivity (Wildman–Crippen MR) is 121 cm³/mol. The molecule has 0 aliphatic carbocycles. The SMILES string of the molecule is O=[N+]([O-])c1cc(Cl)ccc1-c1ccc(CN2CCc3nc(-c4ccccc4)ncc3C2)o1. The van der Waals surface area contributed by atoms with E-state index in [2.05, 4.69) is 9.88 Å². The molecule has 0 unspecified atom stereocenters. The Bertz CT molecular complexity index is 1290. The molecule has 0 saturated carbocycles. The molecule has 0 spiro atoms. The van der Waals surface area contributed by atoms with E-state index in [1.807, 2.05) is 42.6 Å². The number of nitro benzene ring substituents is 1. The summed E-state index contributed by atoms with van der Waals surface area (Å²) in [5.41, 5.74) is 3.54. The standard InChI is InChI=1S/C24H19ClN4O3/c25-18-6-8-20(22(12-18)29(30)31)23-9-7-19(32-23)15-28-11-10-21-17(14-28)13-26-24(27-21)16-4-2-1-3-5-16/h1-9,12-13H,10-11,14-15H2. The number of rotatable bonds is 5. The number of fused-ring (bicyclic) bond motifs is 1. The Labute approximate surface area is 189 Å². The highest BCUT2D eigenvalue weighted by atomic mass is 35.5. The fourth-order valence-corrected chi connectivity index (χ4v) is 4.09. The Kier molecular flexibility index (Phi) is 5.43. The van der Waals surface area contributed by atoms with Crippen molar-refractivity contribution in [3.05, 3.63) is 99.0 Å². The normalized spacial score (nSPS) is 13.7. The van der Waals surface area contributed by atoms with Crippen LogP contribution in [0.15, 0.2) is 71.3 Å². The summed E-state index contributed by atoms with van der Waals surface area (Å²) in [4.78, 5) is 22.5. The van der Waals surface area contributed by atoms with Gasteiger partial charge in [-0.3, -0.25) is 15.0 Å². The maximum Gasteiger partial charge on any atom is 0.281 e. The summed E-state index contributed by atoms with van der Waals surface area (Å²) < 4.78 is 5.95. The molecule has 2 aromatic heterocycles. The van der Waals surface area contributed by atoms with Crippen molar-refractivity contribution in [3.63, 3.8) is 0 Å². The Morgan fingerprint density at radius 1 is 1.12 bits per heavy atom. The van der Waals surface area contributed by atoms with Gasteiger partial charge in [0.05, 0.1) is 22.7 Å². The molecule has 3 heterocycles. The van der Waals surface area contributed by atoms with Crippen LogP contribution >= 0.6 is 11.6 Å². The molecule has 1 aliphatic heterocycles. The topological polar surface area (TPSA) is 85.3 Å². The van der Waals surface area contributed by atoms with Crippen molar-refractivity contribution in [2.45, 2.75) is 19.5 Å². The molecular formula is C24H19ClN4O3. The lowest BCUT2D eigenvalue weighted by atomic mass is 10.1. The van der Waals surface area contributed by atoms with Crippen molar-refractivity contribution in [1.82, 2.24) is 14.9 Å². The van der Waals surface area contributed by atoms with Gasteiger partial charge < -0.3 is 4.42 Å². The highest BCUT2D eigenvalue weighted by Gasteiger charge is 2.22. The summed E-state index contributed by atoms with van der Waals surface area (Å²) in [6.07, 6.45) is 2.73. The van der Waals surface area contributed by atoms with Gasteiger partial charge in [-0.2, -0.15) is 0 Å². The third kappa shape index (κ3) is 4.12. The molecule has 0 saturated heterocycles. The average molecular weight is 447 g/mol. The lowest BCUT2D eigenvalue weighted by molar-refractivity contribution is -0.384. The van der Waals surface area contributed by atoms with Crippen LogP contribution < -0.4 is 0 Å². The van der Waals surface area contributed by atoms with Gasteiger partial charge in [-0.05, 0) is 24.3 Å². The van der Waals surface area contributed by atoms with Gasteiger partial charge in [-0.25, -0.2) is 9.97 Å². The van der Waals surface area contributed by atoms with E-state index in [1.165, 1.54) is 6.07 Å². The zero-order valence-corrected chi connectivity index (χ0v) is 17.8. The summed E-state index contributed by atoms with van der Waals surface area (Å²) >= 11 is 5.92. The molecule has 5 rings (SSSR count). The van der Waals surface area contributed by atoms with Crippen molar-refractivity contribution in [3.8, 4) is 22.7 Å². The van der Waals surface area contributed by atoms with E-state index in [0.717, 1.165) is 47.9 Å². The van der Waals surface area contributed by atoms with Crippen LogP contribution in [-0.4, -0.2) is 26.3 Å². The number of hydrogen-bond acceptors (Lipinski definition) is 6. The summed E-state index contributed by atoms with van der Waals surface area (Å²) in [7, 11) is 0. The zero-order valence-electron chi connectivity index (χ0n) is 17.1. The molecule has 0 bridgehead atoms. The molecule has 1 aliphatic rings. The first-order valence-corrected chi connectivity index (χ1v) is 10.6. The lowest BCUT2D eigenvalue weighted by Crippen LogP contribution is -2.30. The quantitative estimate of drug-likeness (QED) is 0.296. The van der Waals surface area contributed by atoms with Crippen molar-refractivity contribution < 1.29 is 9.34 Å². The van der Waals surface area contributed by atoms with Gasteiger partial charge in [0.1, 0.15) is 11.5 Å². The smallest absolute Gasteiger partial charge is 0.281 e. The molecule has 7 nitrogen and oxygen atoms in total. The van der Waals surface area contributed by atoms with E-state index in [1.54, 1.807) is 18.2 Å². The van der Waals surface area contributed by atoms with Crippen molar-refractivity contribution in [2.24, 2.45) is 0 Å². The van der Waals surface area contributed by atoms with Crippen LogP contribution in [0.1, 0.15) is 17.0 Å². The lowest BCUT2D eigenvalue weighted by Gasteiger charge is -2.27. The Balaban J connectivity index is 1.31. The van der Waals surface area contributed by atoms with E-state index in [0.29, 0.717) is 22.9 Å². The van der Waals surface area contributed by atoms with Gasteiger partial charge in [0.2, 0.25) is 0 Å². The average Bonchev–Trinajstić information content (AvgIpc) is 3.27. The Hall–Kier alpha value is -3.55. The molecule has 0 amide bonds. The summed E-state index contributed by atoms with van der Waals surface area (Å²) in [5, 5.41) is 11.7. The minimum atomic E-state index is -0.450. The van der Waals surface area contributed by atoms with Crippen molar-refractivity contribution in [1.29, 1.82) is 0 Å². The van der Waals surface area contributed by atoms with Gasteiger partial charge in [0.15, 0.2) is 5.82 Å². The number of hydrogen-bond donors (Lipinski definition) is 0. The molecule has 160 valence electrons. The van der Waals surface area contributed by atoms with Crippen LogP contribution in [0.2, 0.25) is 5.02 Å². The molecule has 4 aromatic rings. The highest BCUT2D eigenvalue weighted by Crippen LogP contribution is 2.34. The fraction of sp³-hybridized carbons (Fsp3) is 0.167. The number of nitro groups is 1. The van der Waals surface area contributed by atoms with Gasteiger partial charge >= 0.3 is 0 Å². The highest BCUT2D eigenvalue weighted by molar-refractivity contribution is 6.30. The number of furan rings is 1. The van der Waals surface area contributed by atoms with Crippen LogP contribution in [0.3, 0.4) is 0 Å². The van der Waals surface area contributed by atoms with Crippen LogP contribution in [-0.2, 0) is 19.5 Å². The van der Waals surface area contributed by atoms with E-state index < -0.39 is 4.92 Å². The second kappa shape index (κ2) is 8.53. The Morgan fingerprint density at radius 3 is 2.78 bits per heavy atom. The molecule has 0 N–H and O–H groups in total. The minimum Gasteiger partial charge on any atom is -0.459 e. The first-order valence-electron chi connectivity index (χ1n) is 10.2. The third-order valence-electron chi connectivity index (χ3n) is 5.51. The second-order valence-corrected chi connectivity index (χ2v) is 8.11. The van der Waals surface area contributed by atoms with Crippen LogP contribution in [0, 0.1) is 10.1 Å². The molecule has 2 aromatic carbocycles. The second-order valence-electron chi connectivity index (χ2n) is 7.68. The van der Waals surface area contributed by atoms with Crippen LogP contribution in [0.25, 0.3) is 22.7 Å². The number of aromatic nitrogens is 2. The van der Waals surface area contributed by atoms with Crippen molar-refractivity contribution in [2.75, 3.05) is 6.54 Å². The molecular weight excluding hydrogens is 428 g/mol. The number of halogens is 1. The van der Waals surface area contributed by atoms with Crippen LogP contribution in [0.5, 0.6) is 0 Å². The van der Waals surface area contributed by atoms with Crippen LogP contribution in [0.4, 0.5) is 5.69 Å². The first kappa shape index (κ1) is 20.4. The third-order valence-corrected chi connectivity index (χ3v) is 5.74. The minimum absolute atomic E-state index is 0.0725. The van der Waals surface area contributed by atoms with Gasteiger partial charge in [-0.15, -0.1) is 0 Å². The predicted octanol–water partition coefficient (Wildman–Crippen LogP) is 5.52. The number of nitrogens with zero attached hydrogens (tertiary/aromatic N) is 4. The molecule has 32 heavy (non-hydrogen) atoms. The van der Waals surface area contributed by atoms with E-state index in [9.17, 15) is 10.1 Å². The van der Waals surface area contributed by atoms with Gasteiger partial charge in [-0.1, -0.05) is 41.9 Å². The Morgan fingerprint density at radius 2 is 1.97 bits per heavy atom. The maximum atomic E-state index is 11.4. The molecule has 0 atom stereocenters. The molecule has 0 radical (unpaired) electrons. The first-order chi connectivity index (χ1) is 15.6.